The first-order valence-electron chi connectivity index (χ1n) is 8.78. The second kappa shape index (κ2) is 8.94. The van der Waals surface area contributed by atoms with Crippen LogP contribution in [-0.2, 0) is 6.54 Å². The van der Waals surface area contributed by atoms with E-state index < -0.39 is 0 Å². The maximum atomic E-state index is 5.19. The standard InChI is InChI=1S/C20H25BrN4O/c1-22-20(23-13-15-3-9-19(26-2)10-4-15)24-17-11-12-25(14-17)18-7-5-16(21)6-8-18/h3-10,17H,11-14H2,1-2H3,(H2,22,23,24). The van der Waals surface area contributed by atoms with Gasteiger partial charge < -0.3 is 20.3 Å². The molecule has 3 rings (SSSR count). The van der Waals surface area contributed by atoms with Gasteiger partial charge in [0, 0.05) is 42.9 Å². The fraction of sp³-hybridized carbons (Fsp3) is 0.350. The smallest absolute Gasteiger partial charge is 0.191 e. The van der Waals surface area contributed by atoms with E-state index in [9.17, 15) is 0 Å². The van der Waals surface area contributed by atoms with Crippen LogP contribution in [0.4, 0.5) is 5.69 Å². The Hall–Kier alpha value is -2.21. The Balaban J connectivity index is 1.49. The number of anilines is 1. The third kappa shape index (κ3) is 4.91. The average molecular weight is 417 g/mol. The van der Waals surface area contributed by atoms with Crippen LogP contribution in [0.5, 0.6) is 5.75 Å². The van der Waals surface area contributed by atoms with E-state index in [4.69, 9.17) is 4.74 Å². The predicted octanol–water partition coefficient (Wildman–Crippen LogP) is 3.40. The van der Waals surface area contributed by atoms with E-state index >= 15 is 0 Å². The molecule has 2 aromatic rings. The molecule has 0 aromatic heterocycles. The number of nitrogens with zero attached hydrogens (tertiary/aromatic N) is 2. The summed E-state index contributed by atoms with van der Waals surface area (Å²) < 4.78 is 6.30. The van der Waals surface area contributed by atoms with Gasteiger partial charge in [-0.15, -0.1) is 0 Å². The van der Waals surface area contributed by atoms with Crippen LogP contribution in [0.3, 0.4) is 0 Å². The molecule has 1 unspecified atom stereocenters. The number of hydrogen-bond donors (Lipinski definition) is 2. The normalized spacial score (nSPS) is 17.3. The fourth-order valence-electron chi connectivity index (χ4n) is 3.08. The highest BCUT2D eigenvalue weighted by atomic mass is 79.9. The summed E-state index contributed by atoms with van der Waals surface area (Å²) in [4.78, 5) is 6.76. The molecule has 2 N–H and O–H groups in total. The van der Waals surface area contributed by atoms with E-state index in [1.807, 2.05) is 19.2 Å². The third-order valence-corrected chi connectivity index (χ3v) is 5.09. The molecule has 2 aromatic carbocycles. The lowest BCUT2D eigenvalue weighted by molar-refractivity contribution is 0.414. The number of methoxy groups -OCH3 is 1. The minimum Gasteiger partial charge on any atom is -0.497 e. The number of nitrogens with one attached hydrogen (secondary N) is 2. The van der Waals surface area contributed by atoms with Crippen molar-refractivity contribution in [2.24, 2.45) is 4.99 Å². The monoisotopic (exact) mass is 416 g/mol. The van der Waals surface area contributed by atoms with Gasteiger partial charge in [0.1, 0.15) is 5.75 Å². The summed E-state index contributed by atoms with van der Waals surface area (Å²) in [5, 5.41) is 6.92. The maximum absolute atomic E-state index is 5.19. The van der Waals surface area contributed by atoms with E-state index in [-0.39, 0.29) is 0 Å². The van der Waals surface area contributed by atoms with Gasteiger partial charge >= 0.3 is 0 Å². The zero-order valence-corrected chi connectivity index (χ0v) is 16.8. The lowest BCUT2D eigenvalue weighted by atomic mass is 10.2. The number of guanidine groups is 1. The Morgan fingerprint density at radius 3 is 2.58 bits per heavy atom. The van der Waals surface area contributed by atoms with Gasteiger partial charge in [0.15, 0.2) is 5.96 Å². The molecule has 0 saturated carbocycles. The summed E-state index contributed by atoms with van der Waals surface area (Å²) in [7, 11) is 3.49. The molecule has 0 amide bonds. The van der Waals surface area contributed by atoms with Crippen molar-refractivity contribution in [3.8, 4) is 5.75 Å². The zero-order valence-electron chi connectivity index (χ0n) is 15.2. The topological polar surface area (TPSA) is 48.9 Å². The van der Waals surface area contributed by atoms with E-state index in [2.05, 4.69) is 72.9 Å². The van der Waals surface area contributed by atoms with Crippen molar-refractivity contribution >= 4 is 27.6 Å². The van der Waals surface area contributed by atoms with E-state index in [0.29, 0.717) is 6.04 Å². The SMILES string of the molecule is CN=C(NCc1ccc(OC)cc1)NC1CCN(c2ccc(Br)cc2)C1. The van der Waals surface area contributed by atoms with Crippen LogP contribution >= 0.6 is 15.9 Å². The molecule has 1 saturated heterocycles. The number of rotatable bonds is 5. The summed E-state index contributed by atoms with van der Waals surface area (Å²) in [6.07, 6.45) is 1.10. The van der Waals surface area contributed by atoms with E-state index in [1.165, 1.54) is 11.3 Å². The summed E-state index contributed by atoms with van der Waals surface area (Å²) >= 11 is 3.49. The Labute approximate surface area is 163 Å². The van der Waals surface area contributed by atoms with Crippen LogP contribution in [0.25, 0.3) is 0 Å². The van der Waals surface area contributed by atoms with E-state index in [1.54, 1.807) is 7.11 Å². The number of benzene rings is 2. The molecule has 1 aliphatic heterocycles. The van der Waals surface area contributed by atoms with Crippen molar-refractivity contribution in [2.75, 3.05) is 32.1 Å². The van der Waals surface area contributed by atoms with Crippen molar-refractivity contribution in [1.82, 2.24) is 10.6 Å². The second-order valence-corrected chi connectivity index (χ2v) is 7.24. The van der Waals surface area contributed by atoms with Crippen LogP contribution in [0, 0.1) is 0 Å². The molecule has 0 aliphatic carbocycles. The lowest BCUT2D eigenvalue weighted by Gasteiger charge is -2.20. The Kier molecular flexibility index (Phi) is 6.39. The first-order valence-corrected chi connectivity index (χ1v) is 9.58. The van der Waals surface area contributed by atoms with Gasteiger partial charge in [0.05, 0.1) is 7.11 Å². The quantitative estimate of drug-likeness (QED) is 0.579. The van der Waals surface area contributed by atoms with Crippen molar-refractivity contribution < 1.29 is 4.74 Å². The van der Waals surface area contributed by atoms with Crippen LogP contribution < -0.4 is 20.3 Å². The molecule has 5 nitrogen and oxygen atoms in total. The van der Waals surface area contributed by atoms with Gasteiger partial charge in [-0.3, -0.25) is 4.99 Å². The largest absolute Gasteiger partial charge is 0.497 e. The molecule has 1 aliphatic rings. The third-order valence-electron chi connectivity index (χ3n) is 4.56. The van der Waals surface area contributed by atoms with Gasteiger partial charge in [0.25, 0.3) is 0 Å². The Bertz CT molecular complexity index is 730. The number of hydrogen-bond acceptors (Lipinski definition) is 3. The number of halogens is 1. The number of aliphatic imine (C=N–C) groups is 1. The van der Waals surface area contributed by atoms with Crippen LogP contribution in [0.1, 0.15) is 12.0 Å². The molecule has 6 heteroatoms. The van der Waals surface area contributed by atoms with Crippen LogP contribution in [-0.4, -0.2) is 39.2 Å². The molecule has 26 heavy (non-hydrogen) atoms. The highest BCUT2D eigenvalue weighted by Gasteiger charge is 2.23. The average Bonchev–Trinajstić information content (AvgIpc) is 3.14. The Morgan fingerprint density at radius 1 is 1.19 bits per heavy atom. The minimum absolute atomic E-state index is 0.390. The van der Waals surface area contributed by atoms with E-state index in [0.717, 1.165) is 42.2 Å². The molecule has 1 heterocycles. The molecule has 0 bridgehead atoms. The number of ether oxygens (including phenoxy) is 1. The summed E-state index contributed by atoms with van der Waals surface area (Å²) in [6.45, 7) is 2.76. The molecule has 138 valence electrons. The zero-order chi connectivity index (χ0) is 18.4. The first kappa shape index (κ1) is 18.6. The second-order valence-electron chi connectivity index (χ2n) is 6.33. The molecule has 1 fully saturated rings. The molecule has 0 radical (unpaired) electrons. The van der Waals surface area contributed by atoms with Gasteiger partial charge in [-0.2, -0.15) is 0 Å². The molecular formula is C20H25BrN4O. The maximum Gasteiger partial charge on any atom is 0.191 e. The summed E-state index contributed by atoms with van der Waals surface area (Å²) in [5.74, 6) is 1.71. The van der Waals surface area contributed by atoms with Gasteiger partial charge in [0.2, 0.25) is 0 Å². The predicted molar refractivity (Wildman–Crippen MR) is 111 cm³/mol. The fourth-order valence-corrected chi connectivity index (χ4v) is 3.35. The highest BCUT2D eigenvalue weighted by molar-refractivity contribution is 9.10. The van der Waals surface area contributed by atoms with Crippen LogP contribution in [0.15, 0.2) is 58.0 Å². The minimum atomic E-state index is 0.390. The molecular weight excluding hydrogens is 392 g/mol. The summed E-state index contributed by atoms with van der Waals surface area (Å²) in [5.41, 5.74) is 2.45. The highest BCUT2D eigenvalue weighted by Crippen LogP contribution is 2.22. The molecule has 1 atom stereocenters. The van der Waals surface area contributed by atoms with Gasteiger partial charge in [-0.25, -0.2) is 0 Å². The van der Waals surface area contributed by atoms with Gasteiger partial charge in [-0.1, -0.05) is 28.1 Å². The first-order chi connectivity index (χ1) is 12.7. The van der Waals surface area contributed by atoms with Crippen LogP contribution in [0.2, 0.25) is 0 Å². The van der Waals surface area contributed by atoms with Gasteiger partial charge in [-0.05, 0) is 48.4 Å². The van der Waals surface area contributed by atoms with Crippen molar-refractivity contribution in [3.63, 3.8) is 0 Å². The Morgan fingerprint density at radius 2 is 1.92 bits per heavy atom. The summed E-state index contributed by atoms with van der Waals surface area (Å²) in [6, 6.07) is 16.9. The van der Waals surface area contributed by atoms with Crippen molar-refractivity contribution in [3.05, 3.63) is 58.6 Å². The lowest BCUT2D eigenvalue weighted by Crippen LogP contribution is -2.44. The van der Waals surface area contributed by atoms with Crippen molar-refractivity contribution in [2.45, 2.75) is 19.0 Å². The molecule has 0 spiro atoms. The van der Waals surface area contributed by atoms with Crippen molar-refractivity contribution in [1.29, 1.82) is 0 Å².